The Labute approximate surface area is 157 Å². The molecular weight excluding hydrogens is 354 g/mol. The first-order chi connectivity index (χ1) is 12.6. The van der Waals surface area contributed by atoms with Gasteiger partial charge in [0.05, 0.1) is 16.4 Å². The summed E-state index contributed by atoms with van der Waals surface area (Å²) >= 11 is 6.00. The molecule has 0 spiro atoms. The first-order valence-electron chi connectivity index (χ1n) is 8.45. The van der Waals surface area contributed by atoms with Gasteiger partial charge in [-0.1, -0.05) is 35.9 Å². The van der Waals surface area contributed by atoms with Gasteiger partial charge in [0.15, 0.2) is 6.61 Å². The lowest BCUT2D eigenvalue weighted by Gasteiger charge is -2.18. The normalized spacial score (nSPS) is 13.3. The molecule has 7 heteroatoms. The Balaban J connectivity index is 1.59. The van der Waals surface area contributed by atoms with Crippen molar-refractivity contribution in [2.75, 3.05) is 30.3 Å². The monoisotopic (exact) mass is 373 g/mol. The maximum Gasteiger partial charge on any atom is 0.321 e. The molecule has 136 valence electrons. The van der Waals surface area contributed by atoms with Gasteiger partial charge in [0.25, 0.3) is 5.91 Å². The van der Waals surface area contributed by atoms with Crippen LogP contribution in [0.4, 0.5) is 16.2 Å². The minimum Gasteiger partial charge on any atom is -0.482 e. The van der Waals surface area contributed by atoms with Crippen LogP contribution in [-0.4, -0.2) is 36.5 Å². The highest BCUT2D eigenvalue weighted by Gasteiger charge is 2.19. The van der Waals surface area contributed by atoms with Gasteiger partial charge in [-0.15, -0.1) is 0 Å². The van der Waals surface area contributed by atoms with Gasteiger partial charge in [-0.25, -0.2) is 4.79 Å². The zero-order chi connectivity index (χ0) is 18.4. The second-order valence-corrected chi connectivity index (χ2v) is 6.34. The molecule has 0 atom stereocenters. The number of rotatable bonds is 5. The number of carbonyl (C=O) groups excluding carboxylic acids is 2. The summed E-state index contributed by atoms with van der Waals surface area (Å²) in [6.07, 6.45) is 2.04. The van der Waals surface area contributed by atoms with E-state index in [0.29, 0.717) is 22.1 Å². The molecule has 26 heavy (non-hydrogen) atoms. The molecule has 1 aliphatic rings. The Bertz CT molecular complexity index is 791. The van der Waals surface area contributed by atoms with Gasteiger partial charge in [0.1, 0.15) is 5.75 Å². The van der Waals surface area contributed by atoms with Crippen molar-refractivity contribution in [3.8, 4) is 5.75 Å². The SMILES string of the molecule is O=C(COc1ccccc1Cl)Nc1ccccc1NC(=O)N1CCCC1. The van der Waals surface area contributed by atoms with Crippen molar-refractivity contribution in [2.45, 2.75) is 12.8 Å². The molecule has 2 N–H and O–H groups in total. The van der Waals surface area contributed by atoms with Crippen LogP contribution in [0, 0.1) is 0 Å². The average molecular weight is 374 g/mol. The van der Waals surface area contributed by atoms with Crippen molar-refractivity contribution in [3.63, 3.8) is 0 Å². The lowest BCUT2D eigenvalue weighted by molar-refractivity contribution is -0.118. The van der Waals surface area contributed by atoms with E-state index in [1.54, 1.807) is 53.4 Å². The maximum atomic E-state index is 12.3. The molecular formula is C19H20ClN3O3. The number of nitrogens with zero attached hydrogens (tertiary/aromatic N) is 1. The van der Waals surface area contributed by atoms with Crippen molar-refractivity contribution in [1.82, 2.24) is 4.90 Å². The van der Waals surface area contributed by atoms with E-state index < -0.39 is 0 Å². The van der Waals surface area contributed by atoms with Crippen LogP contribution in [0.15, 0.2) is 48.5 Å². The molecule has 0 aromatic heterocycles. The van der Waals surface area contributed by atoms with E-state index in [2.05, 4.69) is 10.6 Å². The number of hydrogen-bond acceptors (Lipinski definition) is 3. The third-order valence-corrected chi connectivity index (χ3v) is 4.34. The van der Waals surface area contributed by atoms with Gasteiger partial charge in [-0.05, 0) is 37.1 Å². The maximum absolute atomic E-state index is 12.3. The standard InChI is InChI=1S/C19H20ClN3O3/c20-14-7-1-4-10-17(14)26-13-18(24)21-15-8-2-3-9-16(15)22-19(25)23-11-5-6-12-23/h1-4,7-10H,5-6,11-13H2,(H,21,24)(H,22,25). The van der Waals surface area contributed by atoms with Crippen LogP contribution in [-0.2, 0) is 4.79 Å². The van der Waals surface area contributed by atoms with Gasteiger partial charge >= 0.3 is 6.03 Å². The lowest BCUT2D eigenvalue weighted by Crippen LogP contribution is -2.32. The fourth-order valence-electron chi connectivity index (χ4n) is 2.71. The number of urea groups is 1. The van der Waals surface area contributed by atoms with E-state index in [4.69, 9.17) is 16.3 Å². The molecule has 0 bridgehead atoms. The van der Waals surface area contributed by atoms with Crippen LogP contribution in [0.3, 0.4) is 0 Å². The fraction of sp³-hybridized carbons (Fsp3) is 0.263. The molecule has 1 heterocycles. The van der Waals surface area contributed by atoms with E-state index >= 15 is 0 Å². The van der Waals surface area contributed by atoms with Crippen molar-refractivity contribution in [2.24, 2.45) is 0 Å². The molecule has 2 aromatic carbocycles. The molecule has 0 saturated carbocycles. The molecule has 0 radical (unpaired) electrons. The minimum absolute atomic E-state index is 0.156. The number of para-hydroxylation sites is 3. The first-order valence-corrected chi connectivity index (χ1v) is 8.83. The number of anilines is 2. The molecule has 0 aliphatic carbocycles. The van der Waals surface area contributed by atoms with Crippen molar-refractivity contribution < 1.29 is 14.3 Å². The van der Waals surface area contributed by atoms with Crippen molar-refractivity contribution >= 4 is 34.9 Å². The predicted octanol–water partition coefficient (Wildman–Crippen LogP) is 3.99. The van der Waals surface area contributed by atoms with Gasteiger partial charge in [0, 0.05) is 13.1 Å². The fourth-order valence-corrected chi connectivity index (χ4v) is 2.90. The second-order valence-electron chi connectivity index (χ2n) is 5.94. The molecule has 3 rings (SSSR count). The topological polar surface area (TPSA) is 70.7 Å². The summed E-state index contributed by atoms with van der Waals surface area (Å²) in [5.41, 5.74) is 1.07. The molecule has 1 saturated heterocycles. The number of likely N-dealkylation sites (tertiary alicyclic amines) is 1. The predicted molar refractivity (Wildman–Crippen MR) is 102 cm³/mol. The van der Waals surface area contributed by atoms with E-state index in [1.165, 1.54) is 0 Å². The van der Waals surface area contributed by atoms with Crippen LogP contribution in [0.5, 0.6) is 5.75 Å². The van der Waals surface area contributed by atoms with E-state index in [-0.39, 0.29) is 18.5 Å². The summed E-state index contributed by atoms with van der Waals surface area (Å²) < 4.78 is 5.43. The highest BCUT2D eigenvalue weighted by atomic mass is 35.5. The number of benzene rings is 2. The Morgan fingerprint density at radius 1 is 0.962 bits per heavy atom. The molecule has 6 nitrogen and oxygen atoms in total. The van der Waals surface area contributed by atoms with Crippen LogP contribution in [0.1, 0.15) is 12.8 Å². The zero-order valence-electron chi connectivity index (χ0n) is 14.2. The molecule has 0 unspecified atom stereocenters. The quantitative estimate of drug-likeness (QED) is 0.832. The number of ether oxygens (including phenoxy) is 1. The summed E-state index contributed by atoms with van der Waals surface area (Å²) in [5.74, 6) is 0.104. The summed E-state index contributed by atoms with van der Waals surface area (Å²) in [6.45, 7) is 1.33. The Hall–Kier alpha value is -2.73. The number of halogens is 1. The minimum atomic E-state index is -0.340. The lowest BCUT2D eigenvalue weighted by atomic mass is 10.2. The Morgan fingerprint density at radius 2 is 1.58 bits per heavy atom. The Morgan fingerprint density at radius 3 is 2.27 bits per heavy atom. The number of hydrogen-bond donors (Lipinski definition) is 2. The van der Waals surface area contributed by atoms with Gasteiger partial charge in [-0.3, -0.25) is 4.79 Å². The van der Waals surface area contributed by atoms with Gasteiger partial charge in [-0.2, -0.15) is 0 Å². The van der Waals surface area contributed by atoms with E-state index in [0.717, 1.165) is 25.9 Å². The molecule has 2 aromatic rings. The molecule has 1 aliphatic heterocycles. The molecule has 1 fully saturated rings. The largest absolute Gasteiger partial charge is 0.482 e. The first kappa shape index (κ1) is 18.1. The van der Waals surface area contributed by atoms with Crippen LogP contribution < -0.4 is 15.4 Å². The van der Waals surface area contributed by atoms with Gasteiger partial charge in [0.2, 0.25) is 0 Å². The van der Waals surface area contributed by atoms with Crippen LogP contribution in [0.2, 0.25) is 5.02 Å². The zero-order valence-corrected chi connectivity index (χ0v) is 15.0. The third kappa shape index (κ3) is 4.67. The number of carbonyl (C=O) groups is 2. The third-order valence-electron chi connectivity index (χ3n) is 4.03. The van der Waals surface area contributed by atoms with Gasteiger partial charge < -0.3 is 20.3 Å². The molecule has 3 amide bonds. The number of amides is 3. The van der Waals surface area contributed by atoms with E-state index in [9.17, 15) is 9.59 Å². The van der Waals surface area contributed by atoms with Crippen LogP contribution in [0.25, 0.3) is 0 Å². The van der Waals surface area contributed by atoms with Crippen molar-refractivity contribution in [3.05, 3.63) is 53.6 Å². The smallest absolute Gasteiger partial charge is 0.321 e. The summed E-state index contributed by atoms with van der Waals surface area (Å²) in [6, 6.07) is 13.9. The summed E-state index contributed by atoms with van der Waals surface area (Å²) in [5, 5.41) is 6.05. The average Bonchev–Trinajstić information content (AvgIpc) is 3.17. The number of nitrogens with one attached hydrogen (secondary N) is 2. The summed E-state index contributed by atoms with van der Waals surface area (Å²) in [4.78, 5) is 26.2. The van der Waals surface area contributed by atoms with Crippen LogP contribution >= 0.6 is 11.6 Å². The Kier molecular flexibility index (Phi) is 5.96. The summed E-state index contributed by atoms with van der Waals surface area (Å²) in [7, 11) is 0. The van der Waals surface area contributed by atoms with Crippen molar-refractivity contribution in [1.29, 1.82) is 0 Å². The van der Waals surface area contributed by atoms with E-state index in [1.807, 2.05) is 0 Å². The highest BCUT2D eigenvalue weighted by molar-refractivity contribution is 6.32. The highest BCUT2D eigenvalue weighted by Crippen LogP contribution is 2.24. The second kappa shape index (κ2) is 8.58.